The maximum atomic E-state index is 10.4. The first-order valence-electron chi connectivity index (χ1n) is 6.18. The van der Waals surface area contributed by atoms with Crippen molar-refractivity contribution >= 4 is 0 Å². The van der Waals surface area contributed by atoms with E-state index in [1.54, 1.807) is 0 Å². The first-order valence-corrected chi connectivity index (χ1v) is 6.18. The number of nitrogens with two attached hydrogens (primary N) is 1. The van der Waals surface area contributed by atoms with Crippen LogP contribution in [-0.2, 0) is 6.42 Å². The normalized spacial score (nSPS) is 25.2. The maximum absolute atomic E-state index is 10.4. The van der Waals surface area contributed by atoms with Crippen LogP contribution in [0.4, 0.5) is 0 Å². The molecule has 0 bridgehead atoms. The molecule has 17 heavy (non-hydrogen) atoms. The van der Waals surface area contributed by atoms with Gasteiger partial charge < -0.3 is 15.6 Å². The van der Waals surface area contributed by atoms with Gasteiger partial charge in [-0.15, -0.1) is 0 Å². The van der Waals surface area contributed by atoms with E-state index in [0.29, 0.717) is 13.2 Å². The third kappa shape index (κ3) is 2.17. The summed E-state index contributed by atoms with van der Waals surface area (Å²) in [7, 11) is 0. The van der Waals surface area contributed by atoms with Crippen LogP contribution in [0.1, 0.15) is 19.4 Å². The minimum atomic E-state index is -0.430. The fourth-order valence-corrected chi connectivity index (χ4v) is 2.59. The summed E-state index contributed by atoms with van der Waals surface area (Å²) < 4.78 is 5.76. The van der Waals surface area contributed by atoms with Crippen LogP contribution in [0.15, 0.2) is 24.3 Å². The second-order valence-electron chi connectivity index (χ2n) is 5.33. The molecule has 1 aromatic carbocycles. The number of fused-ring (bicyclic) bond motifs is 1. The molecule has 1 aromatic rings. The number of para-hydroxylation sites is 1. The Balaban J connectivity index is 2.29. The van der Waals surface area contributed by atoms with E-state index >= 15 is 0 Å². The molecule has 0 saturated carbocycles. The van der Waals surface area contributed by atoms with Crippen molar-refractivity contribution in [3.05, 3.63) is 29.8 Å². The van der Waals surface area contributed by atoms with Crippen molar-refractivity contribution in [1.29, 1.82) is 0 Å². The lowest BCUT2D eigenvalue weighted by atomic mass is 9.72. The van der Waals surface area contributed by atoms with Crippen molar-refractivity contribution in [2.45, 2.75) is 26.4 Å². The summed E-state index contributed by atoms with van der Waals surface area (Å²) in [6.45, 7) is 4.98. The van der Waals surface area contributed by atoms with E-state index in [9.17, 15) is 5.11 Å². The van der Waals surface area contributed by atoms with Gasteiger partial charge in [-0.25, -0.2) is 0 Å². The smallest absolute Gasteiger partial charge is 0.122 e. The number of aliphatic hydroxyl groups excluding tert-OH is 1. The predicted octanol–water partition coefficient (Wildman–Crippen LogP) is 1.58. The van der Waals surface area contributed by atoms with Gasteiger partial charge in [-0.2, -0.15) is 0 Å². The van der Waals surface area contributed by atoms with Crippen molar-refractivity contribution in [2.24, 2.45) is 17.1 Å². The number of benzene rings is 1. The van der Waals surface area contributed by atoms with E-state index in [1.807, 2.05) is 38.1 Å². The Morgan fingerprint density at radius 1 is 1.41 bits per heavy atom. The number of hydrogen-bond donors (Lipinski definition) is 2. The predicted molar refractivity (Wildman–Crippen MR) is 68.0 cm³/mol. The SMILES string of the molecule is CC(C)C(O)C1(CN)COc2ccccc2C1. The Kier molecular flexibility index (Phi) is 3.40. The highest BCUT2D eigenvalue weighted by Crippen LogP contribution is 2.38. The van der Waals surface area contributed by atoms with Crippen molar-refractivity contribution in [2.75, 3.05) is 13.2 Å². The number of rotatable bonds is 3. The Labute approximate surface area is 103 Å². The lowest BCUT2D eigenvalue weighted by Crippen LogP contribution is -2.51. The van der Waals surface area contributed by atoms with Gasteiger partial charge in [0.05, 0.1) is 12.7 Å². The van der Waals surface area contributed by atoms with E-state index in [0.717, 1.165) is 17.7 Å². The molecule has 1 aliphatic heterocycles. The molecule has 94 valence electrons. The monoisotopic (exact) mass is 235 g/mol. The minimum Gasteiger partial charge on any atom is -0.493 e. The van der Waals surface area contributed by atoms with E-state index in [1.165, 1.54) is 0 Å². The summed E-state index contributed by atoms with van der Waals surface area (Å²) in [6.07, 6.45) is 0.361. The van der Waals surface area contributed by atoms with Gasteiger partial charge in [0.2, 0.25) is 0 Å². The van der Waals surface area contributed by atoms with E-state index in [2.05, 4.69) is 0 Å². The van der Waals surface area contributed by atoms with Gasteiger partial charge in [0.15, 0.2) is 0 Å². The molecule has 3 nitrogen and oxygen atoms in total. The average Bonchev–Trinajstić information content (AvgIpc) is 2.37. The zero-order chi connectivity index (χ0) is 12.5. The molecule has 0 radical (unpaired) electrons. The standard InChI is InChI=1S/C14H21NO2/c1-10(2)13(16)14(8-15)7-11-5-3-4-6-12(11)17-9-14/h3-6,10,13,16H,7-9,15H2,1-2H3. The topological polar surface area (TPSA) is 55.5 Å². The summed E-state index contributed by atoms with van der Waals surface area (Å²) in [6, 6.07) is 7.98. The number of ether oxygens (including phenoxy) is 1. The third-order valence-electron chi connectivity index (χ3n) is 3.70. The van der Waals surface area contributed by atoms with Crippen molar-refractivity contribution in [3.63, 3.8) is 0 Å². The van der Waals surface area contributed by atoms with Crippen LogP contribution in [-0.4, -0.2) is 24.4 Å². The Morgan fingerprint density at radius 3 is 2.76 bits per heavy atom. The summed E-state index contributed by atoms with van der Waals surface area (Å²) in [5.74, 6) is 1.11. The van der Waals surface area contributed by atoms with Crippen LogP contribution in [0.5, 0.6) is 5.75 Å². The highest BCUT2D eigenvalue weighted by Gasteiger charge is 2.42. The van der Waals surface area contributed by atoms with Crippen molar-refractivity contribution in [3.8, 4) is 5.75 Å². The van der Waals surface area contributed by atoms with Crippen LogP contribution >= 0.6 is 0 Å². The quantitative estimate of drug-likeness (QED) is 0.836. The molecule has 2 unspecified atom stereocenters. The second-order valence-corrected chi connectivity index (χ2v) is 5.33. The molecule has 2 rings (SSSR count). The molecule has 1 aliphatic rings. The van der Waals surface area contributed by atoms with E-state index in [-0.39, 0.29) is 11.3 Å². The summed E-state index contributed by atoms with van der Waals surface area (Å²) in [4.78, 5) is 0. The van der Waals surface area contributed by atoms with Gasteiger partial charge in [-0.3, -0.25) is 0 Å². The van der Waals surface area contributed by atoms with Crippen LogP contribution in [0.3, 0.4) is 0 Å². The molecule has 0 spiro atoms. The highest BCUT2D eigenvalue weighted by atomic mass is 16.5. The fraction of sp³-hybridized carbons (Fsp3) is 0.571. The fourth-order valence-electron chi connectivity index (χ4n) is 2.59. The highest BCUT2D eigenvalue weighted by molar-refractivity contribution is 5.36. The lowest BCUT2D eigenvalue weighted by molar-refractivity contribution is -0.0400. The summed E-state index contributed by atoms with van der Waals surface area (Å²) in [5, 5.41) is 10.4. The van der Waals surface area contributed by atoms with Crippen molar-refractivity contribution in [1.82, 2.24) is 0 Å². The molecular formula is C14H21NO2. The maximum Gasteiger partial charge on any atom is 0.122 e. The third-order valence-corrected chi connectivity index (χ3v) is 3.70. The van der Waals surface area contributed by atoms with E-state index < -0.39 is 6.10 Å². The van der Waals surface area contributed by atoms with Gasteiger partial charge in [-0.05, 0) is 24.0 Å². The largest absolute Gasteiger partial charge is 0.493 e. The molecule has 3 heteroatoms. The number of hydrogen-bond acceptors (Lipinski definition) is 3. The van der Waals surface area contributed by atoms with Gasteiger partial charge in [-0.1, -0.05) is 32.0 Å². The molecule has 1 heterocycles. The zero-order valence-electron chi connectivity index (χ0n) is 10.5. The molecule has 3 N–H and O–H groups in total. The Morgan fingerprint density at radius 2 is 2.12 bits per heavy atom. The first kappa shape index (κ1) is 12.4. The minimum absolute atomic E-state index is 0.187. The molecule has 0 saturated heterocycles. The molecule has 0 aliphatic carbocycles. The van der Waals surface area contributed by atoms with Crippen LogP contribution in [0.25, 0.3) is 0 Å². The Bertz CT molecular complexity index is 392. The summed E-state index contributed by atoms with van der Waals surface area (Å²) >= 11 is 0. The van der Waals surface area contributed by atoms with Crippen LogP contribution in [0, 0.1) is 11.3 Å². The van der Waals surface area contributed by atoms with Gasteiger partial charge in [0, 0.05) is 12.0 Å². The average molecular weight is 235 g/mol. The molecule has 0 aromatic heterocycles. The van der Waals surface area contributed by atoms with E-state index in [4.69, 9.17) is 10.5 Å². The summed E-state index contributed by atoms with van der Waals surface area (Å²) in [5.41, 5.74) is 6.69. The Hall–Kier alpha value is -1.06. The van der Waals surface area contributed by atoms with Crippen LogP contribution < -0.4 is 10.5 Å². The van der Waals surface area contributed by atoms with Gasteiger partial charge >= 0.3 is 0 Å². The second kappa shape index (κ2) is 4.67. The lowest BCUT2D eigenvalue weighted by Gasteiger charge is -2.42. The first-order chi connectivity index (χ1) is 8.09. The van der Waals surface area contributed by atoms with Gasteiger partial charge in [0.1, 0.15) is 5.75 Å². The zero-order valence-corrected chi connectivity index (χ0v) is 10.5. The number of aliphatic hydroxyl groups is 1. The molecular weight excluding hydrogens is 214 g/mol. The molecule has 2 atom stereocenters. The van der Waals surface area contributed by atoms with Gasteiger partial charge in [0.25, 0.3) is 0 Å². The molecule has 0 amide bonds. The molecule has 0 fully saturated rings. The van der Waals surface area contributed by atoms with Crippen molar-refractivity contribution < 1.29 is 9.84 Å². The van der Waals surface area contributed by atoms with Crippen LogP contribution in [0.2, 0.25) is 0 Å².